The van der Waals surface area contributed by atoms with Gasteiger partial charge in [0.25, 0.3) is 5.91 Å². The van der Waals surface area contributed by atoms with Crippen LogP contribution in [0, 0.1) is 12.8 Å². The molecule has 0 saturated heterocycles. The number of carbonyl (C=O) groups is 3. The van der Waals surface area contributed by atoms with Crippen molar-refractivity contribution in [1.29, 1.82) is 0 Å². The van der Waals surface area contributed by atoms with Crippen LogP contribution >= 0.6 is 23.4 Å². The third-order valence-corrected chi connectivity index (χ3v) is 11.0. The van der Waals surface area contributed by atoms with Crippen LogP contribution in [0.15, 0.2) is 99.6 Å². The standard InChI is InChI=1S/C18H22N2S.C16H16ClN3O3S.C4H6O6/c1-14(12-19(2)3)13-20-15-8-4-6-10-17(15)21-18-11-7-5-9-16(18)20;1-9-5-3-4-6-14(9)20-10(2)19-13-8-12(17)15(24(18,22)23)7-11(13)16(20)21;5-1(3(7)8)2(6)4(9)10/h4-11,14H,12-13H2,1-3H3;3-8,10,19H,1-2H3,(H2,18,22,23);1-2,5-6H,(H,7,8)(H,9,10). The highest BCUT2D eigenvalue weighted by atomic mass is 35.5. The van der Waals surface area contributed by atoms with Gasteiger partial charge in [-0.05, 0) is 81.9 Å². The van der Waals surface area contributed by atoms with Crippen LogP contribution in [-0.2, 0) is 19.6 Å². The van der Waals surface area contributed by atoms with Gasteiger partial charge in [-0.15, -0.1) is 0 Å². The van der Waals surface area contributed by atoms with E-state index in [-0.39, 0.29) is 27.6 Å². The van der Waals surface area contributed by atoms with E-state index in [4.69, 9.17) is 37.2 Å². The third-order valence-electron chi connectivity index (χ3n) is 8.46. The molecule has 2 aliphatic heterocycles. The number of hydrogen-bond donors (Lipinski definition) is 6. The topological polar surface area (TPSA) is 214 Å². The Labute approximate surface area is 329 Å². The number of fused-ring (bicyclic) bond motifs is 3. The van der Waals surface area contributed by atoms with Crippen LogP contribution in [0.2, 0.25) is 5.02 Å². The van der Waals surface area contributed by atoms with Gasteiger partial charge in [0.2, 0.25) is 10.0 Å². The molecule has 0 spiro atoms. The van der Waals surface area contributed by atoms with Gasteiger partial charge in [0, 0.05) is 28.6 Å². The molecule has 4 atom stereocenters. The Kier molecular flexibility index (Phi) is 14.3. The van der Waals surface area contributed by atoms with E-state index in [0.29, 0.717) is 11.6 Å². The number of carboxylic acids is 2. The minimum Gasteiger partial charge on any atom is -0.479 e. The van der Waals surface area contributed by atoms with E-state index >= 15 is 0 Å². The third kappa shape index (κ3) is 10.5. The summed E-state index contributed by atoms with van der Waals surface area (Å²) in [5.74, 6) is -3.24. The van der Waals surface area contributed by atoms with E-state index in [2.05, 4.69) is 84.7 Å². The highest BCUT2D eigenvalue weighted by molar-refractivity contribution is 7.99. The lowest BCUT2D eigenvalue weighted by Crippen LogP contribution is -2.47. The van der Waals surface area contributed by atoms with E-state index < -0.39 is 34.2 Å². The number of nitrogens with one attached hydrogen (secondary N) is 1. The first-order valence-corrected chi connectivity index (χ1v) is 19.7. The number of nitrogens with zero attached hydrogens (tertiary/aromatic N) is 3. The molecule has 4 unspecified atom stereocenters. The van der Waals surface area contributed by atoms with Gasteiger partial charge < -0.3 is 35.5 Å². The molecular weight excluding hydrogens is 770 g/mol. The van der Waals surface area contributed by atoms with Crippen molar-refractivity contribution in [3.63, 3.8) is 0 Å². The fourth-order valence-electron chi connectivity index (χ4n) is 6.06. The number of aryl methyl sites for hydroxylation is 1. The van der Waals surface area contributed by atoms with Crippen LogP contribution in [0.5, 0.6) is 0 Å². The fourth-order valence-corrected chi connectivity index (χ4v) is 8.25. The molecule has 0 saturated carbocycles. The molecule has 2 aliphatic rings. The lowest BCUT2D eigenvalue weighted by atomic mass is 10.1. The molecular formula is C38H44ClN5O9S2. The van der Waals surface area contributed by atoms with Crippen molar-refractivity contribution in [3.8, 4) is 0 Å². The minimum absolute atomic E-state index is 0.0203. The van der Waals surface area contributed by atoms with Gasteiger partial charge in [0.05, 0.1) is 27.6 Å². The molecule has 0 aromatic heterocycles. The predicted molar refractivity (Wildman–Crippen MR) is 213 cm³/mol. The summed E-state index contributed by atoms with van der Waals surface area (Å²) in [7, 11) is 0.262. The summed E-state index contributed by atoms with van der Waals surface area (Å²) in [5.41, 5.74) is 5.06. The molecule has 6 rings (SSSR count). The van der Waals surface area contributed by atoms with Gasteiger partial charge in [-0.2, -0.15) is 0 Å². The van der Waals surface area contributed by atoms with Crippen LogP contribution in [0.4, 0.5) is 22.7 Å². The second-order valence-electron chi connectivity index (χ2n) is 13.2. The van der Waals surface area contributed by atoms with Gasteiger partial charge in [-0.1, -0.05) is 72.8 Å². The highest BCUT2D eigenvalue weighted by Crippen LogP contribution is 2.48. The van der Waals surface area contributed by atoms with Gasteiger partial charge in [0.1, 0.15) is 11.1 Å². The zero-order chi connectivity index (χ0) is 40.8. The van der Waals surface area contributed by atoms with E-state index in [0.717, 1.165) is 24.3 Å². The lowest BCUT2D eigenvalue weighted by Gasteiger charge is -2.37. The van der Waals surface area contributed by atoms with Crippen molar-refractivity contribution in [1.82, 2.24) is 4.90 Å². The van der Waals surface area contributed by atoms with Crippen molar-refractivity contribution in [2.45, 2.75) is 53.8 Å². The van der Waals surface area contributed by atoms with Crippen molar-refractivity contribution < 1.29 is 43.2 Å². The number of aliphatic carboxylic acids is 2. The van der Waals surface area contributed by atoms with Crippen LogP contribution in [0.25, 0.3) is 0 Å². The van der Waals surface area contributed by atoms with Gasteiger partial charge in [-0.25, -0.2) is 23.1 Å². The molecule has 4 aromatic carbocycles. The maximum Gasteiger partial charge on any atom is 0.335 e. The molecule has 14 nitrogen and oxygen atoms in total. The van der Waals surface area contributed by atoms with E-state index in [1.54, 1.807) is 4.90 Å². The summed E-state index contributed by atoms with van der Waals surface area (Å²) in [6.45, 7) is 8.23. The van der Waals surface area contributed by atoms with Crippen molar-refractivity contribution in [2.75, 3.05) is 42.3 Å². The van der Waals surface area contributed by atoms with E-state index in [1.807, 2.05) is 49.9 Å². The molecule has 55 heavy (non-hydrogen) atoms. The quantitative estimate of drug-likeness (QED) is 0.130. The number of anilines is 4. The number of hydrogen-bond acceptors (Lipinski definition) is 11. The first-order valence-electron chi connectivity index (χ1n) is 16.9. The molecule has 0 fully saturated rings. The summed E-state index contributed by atoms with van der Waals surface area (Å²) >= 11 is 7.87. The van der Waals surface area contributed by atoms with Crippen molar-refractivity contribution >= 4 is 74.0 Å². The average molecular weight is 814 g/mol. The van der Waals surface area contributed by atoms with Crippen LogP contribution in [0.1, 0.15) is 29.8 Å². The number of nitrogens with two attached hydrogens (primary N) is 1. The normalized spacial score (nSPS) is 16.1. The predicted octanol–water partition coefficient (Wildman–Crippen LogP) is 5.08. The molecule has 0 bridgehead atoms. The molecule has 1 amide bonds. The van der Waals surface area contributed by atoms with Crippen molar-refractivity contribution in [3.05, 3.63) is 101 Å². The van der Waals surface area contributed by atoms with Gasteiger partial charge in [-0.3, -0.25) is 9.69 Å². The number of carbonyl (C=O) groups excluding carboxylic acids is 1. The highest BCUT2D eigenvalue weighted by Gasteiger charge is 2.33. The number of halogens is 1. The number of primary sulfonamides is 1. The molecule has 0 radical (unpaired) electrons. The zero-order valence-electron chi connectivity index (χ0n) is 30.8. The summed E-state index contributed by atoms with van der Waals surface area (Å²) < 4.78 is 23.3. The second-order valence-corrected chi connectivity index (χ2v) is 16.3. The van der Waals surface area contributed by atoms with Crippen LogP contribution in [-0.4, -0.2) is 97.1 Å². The first-order chi connectivity index (χ1) is 25.8. The second kappa shape index (κ2) is 18.3. The van der Waals surface area contributed by atoms with E-state index in [9.17, 15) is 22.8 Å². The number of aliphatic hydroxyl groups is 2. The molecule has 4 aromatic rings. The SMILES string of the molecule is CC(CN(C)C)CN1c2ccccc2Sc2ccccc21.Cc1ccccc1N1C(=O)c2cc(S(N)(=O)=O)c(Cl)cc2NC1C.O=C(O)C(O)C(O)C(=O)O. The Hall–Kier alpha value is -4.68. The Bertz CT molecular complexity index is 2090. The Morgan fingerprint density at radius 3 is 1.87 bits per heavy atom. The summed E-state index contributed by atoms with van der Waals surface area (Å²) in [5, 5.41) is 40.9. The molecule has 17 heteroatoms. The summed E-state index contributed by atoms with van der Waals surface area (Å²) in [4.78, 5) is 41.3. The minimum atomic E-state index is -4.02. The van der Waals surface area contributed by atoms with Gasteiger partial charge in [0.15, 0.2) is 12.2 Å². The zero-order valence-corrected chi connectivity index (χ0v) is 33.1. The van der Waals surface area contributed by atoms with Crippen LogP contribution in [0.3, 0.4) is 0 Å². The monoisotopic (exact) mass is 813 g/mol. The Morgan fingerprint density at radius 1 is 0.909 bits per heavy atom. The molecule has 7 N–H and O–H groups in total. The number of benzene rings is 4. The van der Waals surface area contributed by atoms with E-state index in [1.165, 1.54) is 33.3 Å². The van der Waals surface area contributed by atoms with Crippen molar-refractivity contribution in [2.24, 2.45) is 11.1 Å². The smallest absolute Gasteiger partial charge is 0.335 e. The summed E-state index contributed by atoms with van der Waals surface area (Å²) in [6, 6.07) is 27.6. The Balaban J connectivity index is 0.000000199. The maximum atomic E-state index is 13.0. The first kappa shape index (κ1) is 43.1. The number of aliphatic hydroxyl groups excluding tert-OH is 2. The molecule has 0 aliphatic carbocycles. The fraction of sp³-hybridized carbons (Fsp3) is 0.289. The largest absolute Gasteiger partial charge is 0.479 e. The maximum absolute atomic E-state index is 13.0. The average Bonchev–Trinajstić information content (AvgIpc) is 3.11. The number of rotatable bonds is 9. The number of para-hydroxylation sites is 3. The number of amides is 1. The van der Waals surface area contributed by atoms with Gasteiger partial charge >= 0.3 is 11.9 Å². The van der Waals surface area contributed by atoms with Crippen LogP contribution < -0.4 is 20.3 Å². The number of sulfonamides is 1. The Morgan fingerprint density at radius 2 is 1.40 bits per heavy atom. The molecule has 294 valence electrons. The number of carboxylic acid groups (broad SMARTS) is 2. The molecule has 2 heterocycles. The summed E-state index contributed by atoms with van der Waals surface area (Å²) in [6.07, 6.45) is -4.85. The lowest BCUT2D eigenvalue weighted by molar-refractivity contribution is -0.165.